The third-order valence-electron chi connectivity index (χ3n) is 3.76. The minimum Gasteiger partial charge on any atom is -0.459 e. The van der Waals surface area contributed by atoms with E-state index in [0.29, 0.717) is 5.56 Å². The number of benzene rings is 1. The van der Waals surface area contributed by atoms with Crippen LogP contribution in [0.4, 0.5) is 21.7 Å². The Bertz CT molecular complexity index is 746. The summed E-state index contributed by atoms with van der Waals surface area (Å²) in [5.41, 5.74) is 11.9. The molecule has 5 N–H and O–H groups in total. The summed E-state index contributed by atoms with van der Waals surface area (Å²) in [6.45, 7) is -0.0479. The van der Waals surface area contributed by atoms with E-state index in [-0.39, 0.29) is 30.4 Å². The highest BCUT2D eigenvalue weighted by Crippen LogP contribution is 2.27. The van der Waals surface area contributed by atoms with Gasteiger partial charge in [-0.2, -0.15) is 0 Å². The molecule has 0 amide bonds. The molecule has 1 aromatic heterocycles. The van der Waals surface area contributed by atoms with Crippen molar-refractivity contribution >= 4 is 23.3 Å². The number of halogens is 1. The van der Waals surface area contributed by atoms with E-state index in [4.69, 9.17) is 20.9 Å². The summed E-state index contributed by atoms with van der Waals surface area (Å²) in [6.07, 6.45) is -1.54. The maximum atomic E-state index is 14.2. The first-order chi connectivity index (χ1) is 12.0. The molecule has 0 spiro atoms. The predicted octanol–water partition coefficient (Wildman–Crippen LogP) is 1.36. The lowest BCUT2D eigenvalue weighted by molar-refractivity contribution is -0.00446. The normalized spacial score (nSPS) is 22.5. The summed E-state index contributed by atoms with van der Waals surface area (Å²) in [4.78, 5) is 19.6. The number of esters is 1. The van der Waals surface area contributed by atoms with Gasteiger partial charge in [0.25, 0.3) is 0 Å². The number of nitrogens with one attached hydrogen (secondary N) is 1. The van der Waals surface area contributed by atoms with Crippen molar-refractivity contribution in [1.82, 2.24) is 9.97 Å². The van der Waals surface area contributed by atoms with Crippen molar-refractivity contribution in [1.29, 1.82) is 0 Å². The number of rotatable bonds is 5. The Morgan fingerprint density at radius 2 is 2.08 bits per heavy atom. The van der Waals surface area contributed by atoms with Crippen LogP contribution in [-0.2, 0) is 9.47 Å². The lowest BCUT2D eigenvalue weighted by Crippen LogP contribution is -2.29. The first kappa shape index (κ1) is 16.9. The van der Waals surface area contributed by atoms with Gasteiger partial charge in [-0.05, 0) is 12.1 Å². The smallest absolute Gasteiger partial charge is 0.338 e. The monoisotopic (exact) mass is 347 g/mol. The van der Waals surface area contributed by atoms with Crippen LogP contribution in [0, 0.1) is 0 Å². The van der Waals surface area contributed by atoms with Crippen molar-refractivity contribution in [3.05, 3.63) is 42.2 Å². The van der Waals surface area contributed by atoms with Gasteiger partial charge in [0.05, 0.1) is 11.7 Å². The SMILES string of the molecule is Nc1ncnc(N[C@@H]2O[C@H](COC(=O)c3ccccc3)C[C@@H]2F)c1N. The molecule has 3 rings (SSSR count). The zero-order chi connectivity index (χ0) is 17.8. The largest absolute Gasteiger partial charge is 0.459 e. The highest BCUT2D eigenvalue weighted by atomic mass is 19.1. The number of hydrogen-bond donors (Lipinski definition) is 3. The van der Waals surface area contributed by atoms with Gasteiger partial charge in [-0.15, -0.1) is 0 Å². The number of alkyl halides is 1. The second-order valence-electron chi connectivity index (χ2n) is 5.56. The highest BCUT2D eigenvalue weighted by molar-refractivity contribution is 5.89. The Labute approximate surface area is 143 Å². The summed E-state index contributed by atoms with van der Waals surface area (Å²) in [5.74, 6) is -0.190. The van der Waals surface area contributed by atoms with Crippen LogP contribution in [0.5, 0.6) is 0 Å². The van der Waals surface area contributed by atoms with Gasteiger partial charge in [0, 0.05) is 6.42 Å². The van der Waals surface area contributed by atoms with Crippen molar-refractivity contribution in [3.63, 3.8) is 0 Å². The Morgan fingerprint density at radius 3 is 2.84 bits per heavy atom. The number of carbonyl (C=O) groups excluding carboxylic acids is 1. The minimum atomic E-state index is -1.31. The number of anilines is 3. The fourth-order valence-corrected chi connectivity index (χ4v) is 2.44. The molecule has 3 atom stereocenters. The van der Waals surface area contributed by atoms with Gasteiger partial charge >= 0.3 is 5.97 Å². The van der Waals surface area contributed by atoms with E-state index in [2.05, 4.69) is 15.3 Å². The molecule has 1 fully saturated rings. The maximum Gasteiger partial charge on any atom is 0.338 e. The lowest BCUT2D eigenvalue weighted by atomic mass is 10.2. The Kier molecular flexibility index (Phi) is 4.94. The fraction of sp³-hybridized carbons (Fsp3) is 0.312. The molecular formula is C16H18FN5O3. The van der Waals surface area contributed by atoms with Gasteiger partial charge in [0.1, 0.15) is 24.8 Å². The Morgan fingerprint density at radius 1 is 1.32 bits per heavy atom. The van der Waals surface area contributed by atoms with Gasteiger partial charge in [0.2, 0.25) is 0 Å². The predicted molar refractivity (Wildman–Crippen MR) is 89.4 cm³/mol. The first-order valence-electron chi connectivity index (χ1n) is 7.68. The van der Waals surface area contributed by atoms with Crippen molar-refractivity contribution in [2.75, 3.05) is 23.4 Å². The molecule has 0 radical (unpaired) electrons. The van der Waals surface area contributed by atoms with Crippen LogP contribution in [0.2, 0.25) is 0 Å². The van der Waals surface area contributed by atoms with Crippen LogP contribution in [0.25, 0.3) is 0 Å². The molecule has 2 heterocycles. The van der Waals surface area contributed by atoms with Crippen molar-refractivity contribution < 1.29 is 18.7 Å². The maximum absolute atomic E-state index is 14.2. The molecule has 0 unspecified atom stereocenters. The second-order valence-corrected chi connectivity index (χ2v) is 5.56. The zero-order valence-corrected chi connectivity index (χ0v) is 13.3. The molecule has 9 heteroatoms. The van der Waals surface area contributed by atoms with Gasteiger partial charge < -0.3 is 26.3 Å². The highest BCUT2D eigenvalue weighted by Gasteiger charge is 2.36. The number of nitrogens with two attached hydrogens (primary N) is 2. The number of aromatic nitrogens is 2. The Balaban J connectivity index is 1.55. The average Bonchev–Trinajstić information content (AvgIpc) is 2.97. The summed E-state index contributed by atoms with van der Waals surface area (Å²) in [5, 5.41) is 2.76. The molecule has 0 bridgehead atoms. The van der Waals surface area contributed by atoms with E-state index in [9.17, 15) is 9.18 Å². The molecule has 132 valence electrons. The van der Waals surface area contributed by atoms with E-state index < -0.39 is 24.5 Å². The average molecular weight is 347 g/mol. The third kappa shape index (κ3) is 3.94. The van der Waals surface area contributed by atoms with Gasteiger partial charge in [-0.25, -0.2) is 19.2 Å². The topological polar surface area (TPSA) is 125 Å². The number of ether oxygens (including phenoxy) is 2. The van der Waals surface area contributed by atoms with E-state index in [0.717, 1.165) is 0 Å². The van der Waals surface area contributed by atoms with Gasteiger partial charge in [-0.3, -0.25) is 0 Å². The van der Waals surface area contributed by atoms with Gasteiger partial charge in [-0.1, -0.05) is 18.2 Å². The fourth-order valence-electron chi connectivity index (χ4n) is 2.44. The molecule has 0 saturated carbocycles. The minimum absolute atomic E-state index is 0.0479. The Hall–Kier alpha value is -2.94. The van der Waals surface area contributed by atoms with E-state index in [1.54, 1.807) is 30.3 Å². The quantitative estimate of drug-likeness (QED) is 0.692. The number of carbonyl (C=O) groups is 1. The van der Waals surface area contributed by atoms with Crippen LogP contribution in [0.3, 0.4) is 0 Å². The standard InChI is InChI=1S/C16H18FN5O3/c17-11-6-10(7-24-16(23)9-4-2-1-3-5-9)25-15(11)22-14-12(18)13(19)20-8-21-14/h1-5,8,10-11,15H,6-7,18H2,(H3,19,20,21,22)/t10-,11-,15+/m0/s1. The molecule has 8 nitrogen and oxygen atoms in total. The molecule has 1 aliphatic heterocycles. The van der Waals surface area contributed by atoms with E-state index >= 15 is 0 Å². The number of nitrogen functional groups attached to an aromatic ring is 2. The van der Waals surface area contributed by atoms with Crippen LogP contribution in [0.1, 0.15) is 16.8 Å². The van der Waals surface area contributed by atoms with E-state index in [1.807, 2.05) is 0 Å². The summed E-state index contributed by atoms with van der Waals surface area (Å²) >= 11 is 0. The van der Waals surface area contributed by atoms with E-state index in [1.165, 1.54) is 6.33 Å². The molecule has 0 aliphatic carbocycles. The van der Waals surface area contributed by atoms with Crippen molar-refractivity contribution in [3.8, 4) is 0 Å². The second kappa shape index (κ2) is 7.31. The summed E-state index contributed by atoms with van der Waals surface area (Å²) in [7, 11) is 0. The van der Waals surface area contributed by atoms with Crippen LogP contribution in [0.15, 0.2) is 36.7 Å². The van der Waals surface area contributed by atoms with Crippen LogP contribution < -0.4 is 16.8 Å². The molecule has 25 heavy (non-hydrogen) atoms. The summed E-state index contributed by atoms with van der Waals surface area (Å²) in [6, 6.07) is 8.55. The molecule has 1 aromatic carbocycles. The molecule has 1 saturated heterocycles. The van der Waals surface area contributed by atoms with Crippen LogP contribution in [-0.4, -0.2) is 41.0 Å². The molecular weight excluding hydrogens is 329 g/mol. The van der Waals surface area contributed by atoms with Crippen LogP contribution >= 0.6 is 0 Å². The zero-order valence-electron chi connectivity index (χ0n) is 13.3. The summed E-state index contributed by atoms with van der Waals surface area (Å²) < 4.78 is 24.9. The first-order valence-corrected chi connectivity index (χ1v) is 7.68. The number of hydrogen-bond acceptors (Lipinski definition) is 8. The molecule has 2 aromatic rings. The lowest BCUT2D eigenvalue weighted by Gasteiger charge is -2.17. The third-order valence-corrected chi connectivity index (χ3v) is 3.76. The molecule has 1 aliphatic rings. The number of nitrogens with zero attached hydrogens (tertiary/aromatic N) is 2. The van der Waals surface area contributed by atoms with Crippen molar-refractivity contribution in [2.24, 2.45) is 0 Å². The van der Waals surface area contributed by atoms with Crippen molar-refractivity contribution in [2.45, 2.75) is 24.9 Å². The van der Waals surface area contributed by atoms with Gasteiger partial charge in [0.15, 0.2) is 17.9 Å².